The summed E-state index contributed by atoms with van der Waals surface area (Å²) in [5, 5.41) is 2.95. The molecule has 1 aliphatic rings. The monoisotopic (exact) mass is 431 g/mol. The summed E-state index contributed by atoms with van der Waals surface area (Å²) in [6.07, 6.45) is -1.30. The van der Waals surface area contributed by atoms with Crippen molar-refractivity contribution in [2.45, 2.75) is 38.2 Å². The highest BCUT2D eigenvalue weighted by Gasteiger charge is 2.47. The summed E-state index contributed by atoms with van der Waals surface area (Å²) in [5.74, 6) is 0. The van der Waals surface area contributed by atoms with E-state index < -0.39 is 18.3 Å². The number of carbonyl (C=O) groups is 1. The van der Waals surface area contributed by atoms with Gasteiger partial charge in [-0.05, 0) is 35.4 Å². The number of nitrogens with zero attached hydrogens (tertiary/aromatic N) is 1. The molecule has 1 saturated carbocycles. The van der Waals surface area contributed by atoms with Gasteiger partial charge in [0.2, 0.25) is 0 Å². The zero-order chi connectivity index (χ0) is 20.5. The number of halogens is 3. The minimum Gasteiger partial charge on any atom is -0.444 e. The molecule has 0 saturated heterocycles. The van der Waals surface area contributed by atoms with Crippen LogP contribution in [0.1, 0.15) is 30.5 Å². The van der Waals surface area contributed by atoms with Crippen LogP contribution in [0, 0.1) is 0 Å². The van der Waals surface area contributed by atoms with Gasteiger partial charge in [-0.2, -0.15) is 0 Å². The number of fused-ring (bicyclic) bond motifs is 1. The average Bonchev–Trinajstić information content (AvgIpc) is 3.43. The Hall–Kier alpha value is -2.30. The molecule has 0 radical (unpaired) electrons. The van der Waals surface area contributed by atoms with Gasteiger partial charge in [0.25, 0.3) is 0 Å². The zero-order valence-electron chi connectivity index (χ0n) is 15.8. The first kappa shape index (κ1) is 20.0. The van der Waals surface area contributed by atoms with E-state index in [0.717, 1.165) is 16.3 Å². The summed E-state index contributed by atoms with van der Waals surface area (Å²) < 4.78 is 19.5. The molecule has 4 rings (SSSR count). The number of benzene rings is 3. The number of ether oxygens (including phenoxy) is 1. The normalized spacial score (nSPS) is 19.0. The predicted octanol–water partition coefficient (Wildman–Crippen LogP) is 6.96. The lowest BCUT2D eigenvalue weighted by atomic mass is 9.99. The van der Waals surface area contributed by atoms with Crippen molar-refractivity contribution in [2.75, 3.05) is 0 Å². The Morgan fingerprint density at radius 3 is 2.41 bits per heavy atom. The molecule has 0 N–H and O–H groups in total. The van der Waals surface area contributed by atoms with Crippen LogP contribution >= 0.6 is 23.2 Å². The van der Waals surface area contributed by atoms with Gasteiger partial charge in [0.15, 0.2) is 0 Å². The molecular formula is C23H20Cl2FNO2. The summed E-state index contributed by atoms with van der Waals surface area (Å²) in [6, 6.07) is 18.1. The summed E-state index contributed by atoms with van der Waals surface area (Å²) in [6.45, 7) is 1.83. The van der Waals surface area contributed by atoms with Crippen LogP contribution in [-0.2, 0) is 11.3 Å². The van der Waals surface area contributed by atoms with Gasteiger partial charge >= 0.3 is 6.09 Å². The SMILES string of the molecule is C[C@@H](c1cccc2ccccc12)N(C(=O)OCc1c(Cl)cccc1Cl)[C@H]1C[C@H]1F. The lowest BCUT2D eigenvalue weighted by Crippen LogP contribution is -2.37. The molecule has 3 aromatic carbocycles. The minimum absolute atomic E-state index is 0.0697. The molecule has 1 fully saturated rings. The van der Waals surface area contributed by atoms with Crippen molar-refractivity contribution in [2.24, 2.45) is 0 Å². The van der Waals surface area contributed by atoms with Crippen LogP contribution in [-0.4, -0.2) is 23.2 Å². The second-order valence-electron chi connectivity index (χ2n) is 7.23. The third kappa shape index (κ3) is 4.05. The third-order valence-corrected chi connectivity index (χ3v) is 6.05. The Balaban J connectivity index is 1.60. The maximum Gasteiger partial charge on any atom is 0.410 e. The van der Waals surface area contributed by atoms with Gasteiger partial charge < -0.3 is 4.74 Å². The van der Waals surface area contributed by atoms with Crippen LogP contribution in [0.3, 0.4) is 0 Å². The zero-order valence-corrected chi connectivity index (χ0v) is 17.3. The Labute approximate surface area is 179 Å². The lowest BCUT2D eigenvalue weighted by Gasteiger charge is -2.29. The average molecular weight is 432 g/mol. The summed E-state index contributed by atoms with van der Waals surface area (Å²) >= 11 is 12.3. The van der Waals surface area contributed by atoms with Gasteiger partial charge in [-0.25, -0.2) is 9.18 Å². The molecule has 0 aromatic heterocycles. The standard InChI is InChI=1S/C23H20Cl2FNO2/c1-14(16-9-4-7-15-6-2-3-8-17(15)16)27(22-12-21(22)26)23(28)29-13-18-19(24)10-5-11-20(18)25/h2-11,14,21-22H,12-13H2,1H3/t14-,21+,22-/m0/s1. The van der Waals surface area contributed by atoms with Crippen LogP contribution in [0.2, 0.25) is 10.0 Å². The Morgan fingerprint density at radius 2 is 1.72 bits per heavy atom. The molecule has 0 spiro atoms. The van der Waals surface area contributed by atoms with E-state index in [4.69, 9.17) is 27.9 Å². The van der Waals surface area contributed by atoms with Gasteiger partial charge in [0.1, 0.15) is 12.8 Å². The molecule has 1 amide bonds. The van der Waals surface area contributed by atoms with E-state index in [1.165, 1.54) is 4.90 Å². The number of amides is 1. The van der Waals surface area contributed by atoms with Crippen molar-refractivity contribution in [3.63, 3.8) is 0 Å². The number of hydrogen-bond acceptors (Lipinski definition) is 2. The number of alkyl halides is 1. The van der Waals surface area contributed by atoms with Crippen molar-refractivity contribution in [3.8, 4) is 0 Å². The predicted molar refractivity (Wildman–Crippen MR) is 114 cm³/mol. The van der Waals surface area contributed by atoms with Gasteiger partial charge in [0, 0.05) is 22.0 Å². The molecule has 6 heteroatoms. The third-order valence-electron chi connectivity index (χ3n) is 5.34. The molecule has 29 heavy (non-hydrogen) atoms. The first-order valence-corrected chi connectivity index (χ1v) is 10.2. The quantitative estimate of drug-likeness (QED) is 0.436. The number of rotatable bonds is 5. The van der Waals surface area contributed by atoms with E-state index in [-0.39, 0.29) is 12.6 Å². The Bertz CT molecular complexity index is 1030. The van der Waals surface area contributed by atoms with Crippen molar-refractivity contribution in [1.82, 2.24) is 4.90 Å². The fourth-order valence-electron chi connectivity index (χ4n) is 3.66. The second-order valence-corrected chi connectivity index (χ2v) is 8.04. The van der Waals surface area contributed by atoms with Gasteiger partial charge in [-0.15, -0.1) is 0 Å². The van der Waals surface area contributed by atoms with Crippen LogP contribution in [0.5, 0.6) is 0 Å². The summed E-state index contributed by atoms with van der Waals surface area (Å²) in [7, 11) is 0. The molecule has 0 heterocycles. The van der Waals surface area contributed by atoms with E-state index in [0.29, 0.717) is 22.0 Å². The van der Waals surface area contributed by atoms with Gasteiger partial charge in [-0.1, -0.05) is 71.7 Å². The van der Waals surface area contributed by atoms with E-state index in [1.807, 2.05) is 49.4 Å². The topological polar surface area (TPSA) is 29.5 Å². The van der Waals surface area contributed by atoms with Crippen LogP contribution < -0.4 is 0 Å². The van der Waals surface area contributed by atoms with Crippen LogP contribution in [0.25, 0.3) is 10.8 Å². The van der Waals surface area contributed by atoms with Crippen LogP contribution in [0.4, 0.5) is 9.18 Å². The smallest absolute Gasteiger partial charge is 0.410 e. The molecule has 3 nitrogen and oxygen atoms in total. The Kier molecular flexibility index (Phi) is 5.66. The molecular weight excluding hydrogens is 412 g/mol. The highest BCUT2D eigenvalue weighted by molar-refractivity contribution is 6.35. The first-order chi connectivity index (χ1) is 14.0. The minimum atomic E-state index is -1.04. The number of carbonyl (C=O) groups excluding carboxylic acids is 1. The maximum absolute atomic E-state index is 14.0. The van der Waals surface area contributed by atoms with Gasteiger partial charge in [0.05, 0.1) is 12.1 Å². The van der Waals surface area contributed by atoms with Crippen molar-refractivity contribution >= 4 is 40.1 Å². The van der Waals surface area contributed by atoms with Crippen LogP contribution in [0.15, 0.2) is 60.7 Å². The maximum atomic E-state index is 14.0. The molecule has 1 aliphatic carbocycles. The summed E-state index contributed by atoms with van der Waals surface area (Å²) in [4.78, 5) is 14.5. The Morgan fingerprint density at radius 1 is 1.10 bits per heavy atom. The van der Waals surface area contributed by atoms with Crippen molar-refractivity contribution in [1.29, 1.82) is 0 Å². The molecule has 3 atom stereocenters. The molecule has 150 valence electrons. The second kappa shape index (κ2) is 8.21. The first-order valence-electron chi connectivity index (χ1n) is 9.47. The highest BCUT2D eigenvalue weighted by atomic mass is 35.5. The van der Waals surface area contributed by atoms with Crippen molar-refractivity contribution in [3.05, 3.63) is 81.8 Å². The van der Waals surface area contributed by atoms with Gasteiger partial charge in [-0.3, -0.25) is 4.90 Å². The van der Waals surface area contributed by atoms with E-state index in [1.54, 1.807) is 18.2 Å². The molecule has 3 aromatic rings. The van der Waals surface area contributed by atoms with E-state index in [2.05, 4.69) is 0 Å². The molecule has 0 unspecified atom stereocenters. The highest BCUT2D eigenvalue weighted by Crippen LogP contribution is 2.39. The fraction of sp³-hybridized carbons (Fsp3) is 0.261. The largest absolute Gasteiger partial charge is 0.444 e. The summed E-state index contributed by atoms with van der Waals surface area (Å²) in [5.41, 5.74) is 1.49. The molecule has 0 aliphatic heterocycles. The molecule has 0 bridgehead atoms. The van der Waals surface area contributed by atoms with E-state index >= 15 is 0 Å². The lowest BCUT2D eigenvalue weighted by molar-refractivity contribution is 0.0764. The van der Waals surface area contributed by atoms with E-state index in [9.17, 15) is 9.18 Å². The fourth-order valence-corrected chi connectivity index (χ4v) is 4.17. The van der Waals surface area contributed by atoms with Crippen molar-refractivity contribution < 1.29 is 13.9 Å². The number of hydrogen-bond donors (Lipinski definition) is 0.